The topological polar surface area (TPSA) is 85.8 Å². The molecular formula is C29H36N2O5S. The number of esters is 1. The van der Waals surface area contributed by atoms with Gasteiger partial charge in [-0.15, -0.1) is 0 Å². The smallest absolute Gasteiger partial charge is 0.311 e. The molecule has 2 atom stereocenters. The van der Waals surface area contributed by atoms with E-state index in [1.807, 2.05) is 58.0 Å². The largest absolute Gasteiger partial charge is 0.489 e. The fraction of sp³-hybridized carbons (Fsp3) is 0.448. The second-order valence-electron chi connectivity index (χ2n) is 10.7. The van der Waals surface area contributed by atoms with Crippen LogP contribution in [0.15, 0.2) is 59.5 Å². The summed E-state index contributed by atoms with van der Waals surface area (Å²) in [4.78, 5) is 17.6. The van der Waals surface area contributed by atoms with Crippen molar-refractivity contribution in [1.29, 1.82) is 0 Å². The van der Waals surface area contributed by atoms with Gasteiger partial charge in [-0.2, -0.15) is 4.31 Å². The molecule has 0 saturated heterocycles. The van der Waals surface area contributed by atoms with E-state index in [2.05, 4.69) is 4.98 Å². The number of hydrogen-bond donors (Lipinski definition) is 0. The van der Waals surface area contributed by atoms with Crippen molar-refractivity contribution in [1.82, 2.24) is 9.29 Å². The van der Waals surface area contributed by atoms with Crippen LogP contribution in [-0.4, -0.2) is 42.4 Å². The van der Waals surface area contributed by atoms with E-state index < -0.39 is 27.6 Å². The first-order chi connectivity index (χ1) is 17.5. The summed E-state index contributed by atoms with van der Waals surface area (Å²) in [7, 11) is -2.25. The third kappa shape index (κ3) is 6.30. The summed E-state index contributed by atoms with van der Waals surface area (Å²) in [6.45, 7) is 7.77. The molecule has 1 aliphatic rings. The molecular weight excluding hydrogens is 488 g/mol. The number of hydrogen-bond acceptors (Lipinski definition) is 6. The molecule has 3 aromatic rings. The van der Waals surface area contributed by atoms with E-state index in [0.29, 0.717) is 25.2 Å². The van der Waals surface area contributed by atoms with E-state index >= 15 is 0 Å². The monoisotopic (exact) mass is 524 g/mol. The van der Waals surface area contributed by atoms with E-state index in [9.17, 15) is 13.2 Å². The van der Waals surface area contributed by atoms with Crippen molar-refractivity contribution in [2.24, 2.45) is 5.92 Å². The average Bonchev–Trinajstić information content (AvgIpc) is 2.86. The number of carbonyl (C=O) groups excluding carboxylic acids is 1. The zero-order valence-corrected chi connectivity index (χ0v) is 23.0. The first-order valence-corrected chi connectivity index (χ1v) is 14.2. The fourth-order valence-corrected chi connectivity index (χ4v) is 6.35. The highest BCUT2D eigenvalue weighted by molar-refractivity contribution is 7.89. The highest BCUT2D eigenvalue weighted by Crippen LogP contribution is 2.33. The average molecular weight is 525 g/mol. The maximum Gasteiger partial charge on any atom is 0.311 e. The SMILES string of the molecule is Cc1cc(COc2ccc(S(=O)(=O)N(C)[C@@H]3CCCC[C@H]3C(=O)OC(C)(C)C)cc2)c2ccccc2n1. The molecule has 0 amide bonds. The standard InChI is InChI=1S/C29H36N2O5S/c1-20-18-21(24-10-6-8-12-26(24)30-20)19-35-22-14-16-23(17-15-22)37(33,34)31(5)27-13-9-7-11-25(27)28(32)36-29(2,3)4/h6,8,10,12,14-18,25,27H,7,9,11,13,19H2,1-5H3/t25-,27-/m1/s1. The number of ether oxygens (including phenoxy) is 2. The maximum absolute atomic E-state index is 13.5. The lowest BCUT2D eigenvalue weighted by molar-refractivity contribution is -0.162. The Hall–Kier alpha value is -2.97. The molecule has 1 aromatic heterocycles. The van der Waals surface area contributed by atoms with Gasteiger partial charge in [0, 0.05) is 29.7 Å². The van der Waals surface area contributed by atoms with Gasteiger partial charge in [0.05, 0.1) is 16.3 Å². The third-order valence-corrected chi connectivity index (χ3v) is 8.63. The van der Waals surface area contributed by atoms with Crippen LogP contribution in [0.5, 0.6) is 5.75 Å². The van der Waals surface area contributed by atoms with Gasteiger partial charge in [0.1, 0.15) is 18.0 Å². The van der Waals surface area contributed by atoms with Gasteiger partial charge >= 0.3 is 5.97 Å². The van der Waals surface area contributed by atoms with Gasteiger partial charge in [-0.05, 0) is 76.9 Å². The predicted molar refractivity (Wildman–Crippen MR) is 144 cm³/mol. The first kappa shape index (κ1) is 27.1. The maximum atomic E-state index is 13.5. The number of fused-ring (bicyclic) bond motifs is 1. The van der Waals surface area contributed by atoms with Crippen LogP contribution in [0.25, 0.3) is 10.9 Å². The second kappa shape index (κ2) is 10.8. The van der Waals surface area contributed by atoms with Gasteiger partial charge in [0.2, 0.25) is 10.0 Å². The van der Waals surface area contributed by atoms with Gasteiger partial charge < -0.3 is 9.47 Å². The lowest BCUT2D eigenvalue weighted by Gasteiger charge is -2.37. The molecule has 0 radical (unpaired) electrons. The van der Waals surface area contributed by atoms with Crippen LogP contribution in [-0.2, 0) is 26.2 Å². The Morgan fingerprint density at radius 1 is 1.05 bits per heavy atom. The van der Waals surface area contributed by atoms with E-state index in [0.717, 1.165) is 35.0 Å². The predicted octanol–water partition coefficient (Wildman–Crippen LogP) is 5.64. The van der Waals surface area contributed by atoms with Gasteiger partial charge in [-0.3, -0.25) is 9.78 Å². The molecule has 1 aliphatic carbocycles. The number of benzene rings is 2. The minimum atomic E-state index is -3.81. The second-order valence-corrected chi connectivity index (χ2v) is 12.7. The van der Waals surface area contributed by atoms with Crippen LogP contribution in [0.2, 0.25) is 0 Å². The molecule has 2 aromatic carbocycles. The summed E-state index contributed by atoms with van der Waals surface area (Å²) in [5, 5.41) is 1.03. The van der Waals surface area contributed by atoms with Crippen LogP contribution in [0, 0.1) is 12.8 Å². The summed E-state index contributed by atoms with van der Waals surface area (Å²) >= 11 is 0. The summed E-state index contributed by atoms with van der Waals surface area (Å²) in [6, 6.07) is 15.9. The summed E-state index contributed by atoms with van der Waals surface area (Å²) < 4.78 is 39.9. The normalized spacial score (nSPS) is 18.6. The Bertz CT molecular complexity index is 1360. The van der Waals surface area contributed by atoms with Gasteiger partial charge in [0.25, 0.3) is 0 Å². The zero-order valence-electron chi connectivity index (χ0n) is 22.2. The number of para-hydroxylation sites is 1. The first-order valence-electron chi connectivity index (χ1n) is 12.7. The van der Waals surface area contributed by atoms with Crippen molar-refractivity contribution in [2.45, 2.75) is 76.5 Å². The molecule has 1 heterocycles. The molecule has 0 N–H and O–H groups in total. The minimum absolute atomic E-state index is 0.168. The number of aryl methyl sites for hydroxylation is 1. The van der Waals surface area contributed by atoms with Crippen LogP contribution in [0.4, 0.5) is 0 Å². The molecule has 0 unspecified atom stereocenters. The lowest BCUT2D eigenvalue weighted by atomic mass is 9.84. The molecule has 8 heteroatoms. The number of sulfonamides is 1. The fourth-order valence-electron chi connectivity index (χ4n) is 4.93. The van der Waals surface area contributed by atoms with E-state index in [-0.39, 0.29) is 10.9 Å². The van der Waals surface area contributed by atoms with Crippen LogP contribution in [0.3, 0.4) is 0 Å². The quantitative estimate of drug-likeness (QED) is 0.372. The Morgan fingerprint density at radius 3 is 2.43 bits per heavy atom. The summed E-state index contributed by atoms with van der Waals surface area (Å²) in [5.41, 5.74) is 2.23. The van der Waals surface area contributed by atoms with E-state index in [4.69, 9.17) is 9.47 Å². The highest BCUT2D eigenvalue weighted by atomic mass is 32.2. The number of aromatic nitrogens is 1. The number of nitrogens with zero attached hydrogens (tertiary/aromatic N) is 2. The number of pyridine rings is 1. The Balaban J connectivity index is 1.48. The Kier molecular flexibility index (Phi) is 7.90. The third-order valence-electron chi connectivity index (χ3n) is 6.73. The molecule has 0 aliphatic heterocycles. The van der Waals surface area contributed by atoms with Crippen LogP contribution < -0.4 is 4.74 Å². The number of carbonyl (C=O) groups is 1. The molecule has 1 saturated carbocycles. The summed E-state index contributed by atoms with van der Waals surface area (Å²) in [6.07, 6.45) is 3.00. The van der Waals surface area contributed by atoms with Crippen LogP contribution in [0.1, 0.15) is 57.7 Å². The highest BCUT2D eigenvalue weighted by Gasteiger charge is 2.40. The van der Waals surface area contributed by atoms with Gasteiger partial charge in [-0.25, -0.2) is 8.42 Å². The van der Waals surface area contributed by atoms with E-state index in [1.165, 1.54) is 4.31 Å². The zero-order chi connectivity index (χ0) is 26.8. The van der Waals surface area contributed by atoms with Crippen molar-refractivity contribution in [3.63, 3.8) is 0 Å². The van der Waals surface area contributed by atoms with Crippen molar-refractivity contribution < 1.29 is 22.7 Å². The van der Waals surface area contributed by atoms with Crippen molar-refractivity contribution in [3.05, 3.63) is 65.9 Å². The van der Waals surface area contributed by atoms with Gasteiger partial charge in [-0.1, -0.05) is 31.0 Å². The number of rotatable bonds is 7. The van der Waals surface area contributed by atoms with Crippen molar-refractivity contribution >= 4 is 26.9 Å². The summed E-state index contributed by atoms with van der Waals surface area (Å²) in [5.74, 6) is -0.236. The lowest BCUT2D eigenvalue weighted by Crippen LogP contribution is -2.47. The van der Waals surface area contributed by atoms with Crippen LogP contribution >= 0.6 is 0 Å². The van der Waals surface area contributed by atoms with Crippen molar-refractivity contribution in [2.75, 3.05) is 7.05 Å². The molecule has 1 fully saturated rings. The van der Waals surface area contributed by atoms with E-state index in [1.54, 1.807) is 31.3 Å². The van der Waals surface area contributed by atoms with Crippen molar-refractivity contribution in [3.8, 4) is 5.75 Å². The molecule has 4 rings (SSSR count). The minimum Gasteiger partial charge on any atom is -0.489 e. The molecule has 7 nitrogen and oxygen atoms in total. The molecule has 198 valence electrons. The Labute approximate surface area is 219 Å². The Morgan fingerprint density at radius 2 is 1.73 bits per heavy atom. The van der Waals surface area contributed by atoms with Gasteiger partial charge in [0.15, 0.2) is 0 Å². The molecule has 37 heavy (non-hydrogen) atoms. The molecule has 0 spiro atoms. The molecule has 0 bridgehead atoms.